The molecule has 0 saturated heterocycles. The fraction of sp³-hybridized carbons (Fsp3) is 0.125. The van der Waals surface area contributed by atoms with E-state index in [-0.39, 0.29) is 0 Å². The lowest BCUT2D eigenvalue weighted by molar-refractivity contribution is -0.140. The van der Waals surface area contributed by atoms with E-state index in [1.54, 1.807) is 6.07 Å². The predicted molar refractivity (Wildman–Crippen MR) is 78.5 cm³/mol. The van der Waals surface area contributed by atoms with E-state index in [4.69, 9.17) is 11.6 Å². The molecular formula is C16H11ClF3N. The fourth-order valence-corrected chi connectivity index (χ4v) is 2.61. The highest BCUT2D eigenvalue weighted by atomic mass is 35.5. The molecule has 0 aliphatic carbocycles. The maximum Gasteiger partial charge on any atom is 0.431 e. The van der Waals surface area contributed by atoms with E-state index in [0.29, 0.717) is 15.9 Å². The number of aromatic amines is 1. The molecule has 0 spiro atoms. The van der Waals surface area contributed by atoms with Crippen molar-refractivity contribution in [3.05, 3.63) is 58.7 Å². The van der Waals surface area contributed by atoms with Crippen LogP contribution in [0.5, 0.6) is 0 Å². The first-order valence-corrected chi connectivity index (χ1v) is 6.69. The van der Waals surface area contributed by atoms with E-state index < -0.39 is 11.9 Å². The van der Waals surface area contributed by atoms with Crippen molar-refractivity contribution in [3.8, 4) is 11.1 Å². The Kier molecular flexibility index (Phi) is 3.21. The lowest BCUT2D eigenvalue weighted by Crippen LogP contribution is -2.04. The molecule has 3 rings (SSSR count). The van der Waals surface area contributed by atoms with Crippen LogP contribution in [0.4, 0.5) is 13.2 Å². The maximum absolute atomic E-state index is 12.7. The molecule has 1 nitrogen and oxygen atoms in total. The summed E-state index contributed by atoms with van der Waals surface area (Å²) in [6.07, 6.45) is -4.39. The molecular weight excluding hydrogens is 299 g/mol. The maximum atomic E-state index is 12.7. The van der Waals surface area contributed by atoms with Crippen LogP contribution in [0.1, 0.15) is 11.3 Å². The highest BCUT2D eigenvalue weighted by Crippen LogP contribution is 2.36. The highest BCUT2D eigenvalue weighted by Gasteiger charge is 2.32. The summed E-state index contributed by atoms with van der Waals surface area (Å²) in [6.45, 7) is 1.95. The molecule has 0 amide bonds. The second-order valence-corrected chi connectivity index (χ2v) is 5.38. The van der Waals surface area contributed by atoms with Gasteiger partial charge in [0.05, 0.1) is 5.02 Å². The minimum absolute atomic E-state index is 0.378. The van der Waals surface area contributed by atoms with Crippen molar-refractivity contribution in [1.29, 1.82) is 0 Å². The van der Waals surface area contributed by atoms with Crippen molar-refractivity contribution in [3.63, 3.8) is 0 Å². The van der Waals surface area contributed by atoms with Crippen LogP contribution in [0.2, 0.25) is 5.02 Å². The van der Waals surface area contributed by atoms with E-state index in [2.05, 4.69) is 4.98 Å². The molecule has 2 aromatic carbocycles. The molecule has 0 atom stereocenters. The molecule has 5 heteroatoms. The molecule has 108 valence electrons. The SMILES string of the molecule is Cc1cccc(-c2cc3cc(C(F)(F)F)[nH]c3cc2Cl)c1. The molecule has 1 heterocycles. The summed E-state index contributed by atoms with van der Waals surface area (Å²) < 4.78 is 38.2. The Bertz CT molecular complexity index is 818. The molecule has 0 fully saturated rings. The Morgan fingerprint density at radius 1 is 1.05 bits per heavy atom. The molecule has 0 radical (unpaired) electrons. The van der Waals surface area contributed by atoms with Crippen LogP contribution in [0.3, 0.4) is 0 Å². The van der Waals surface area contributed by atoms with Crippen molar-refractivity contribution < 1.29 is 13.2 Å². The zero-order valence-electron chi connectivity index (χ0n) is 11.1. The lowest BCUT2D eigenvalue weighted by atomic mass is 10.0. The molecule has 0 saturated carbocycles. The number of hydrogen-bond acceptors (Lipinski definition) is 0. The summed E-state index contributed by atoms with van der Waals surface area (Å²) in [6, 6.07) is 12.0. The number of aryl methyl sites for hydroxylation is 1. The van der Waals surface area contributed by atoms with E-state index in [1.165, 1.54) is 6.07 Å². The Hall–Kier alpha value is -1.94. The molecule has 3 aromatic rings. The average molecular weight is 310 g/mol. The smallest absolute Gasteiger partial charge is 0.351 e. The third kappa shape index (κ3) is 2.63. The number of H-pyrrole nitrogens is 1. The van der Waals surface area contributed by atoms with Gasteiger partial charge in [-0.25, -0.2) is 0 Å². The largest absolute Gasteiger partial charge is 0.431 e. The first kappa shape index (κ1) is 14.0. The Balaban J connectivity index is 2.19. The van der Waals surface area contributed by atoms with Crippen LogP contribution in [-0.2, 0) is 6.18 Å². The first-order valence-electron chi connectivity index (χ1n) is 6.31. The van der Waals surface area contributed by atoms with E-state index in [9.17, 15) is 13.2 Å². The number of rotatable bonds is 1. The van der Waals surface area contributed by atoms with Gasteiger partial charge in [-0.05, 0) is 30.7 Å². The summed E-state index contributed by atoms with van der Waals surface area (Å²) in [5.74, 6) is 0. The summed E-state index contributed by atoms with van der Waals surface area (Å²) in [5, 5.41) is 0.909. The molecule has 1 N–H and O–H groups in total. The van der Waals surface area contributed by atoms with Gasteiger partial charge in [0.15, 0.2) is 0 Å². The second kappa shape index (κ2) is 4.81. The van der Waals surface area contributed by atoms with Crippen molar-refractivity contribution in [2.45, 2.75) is 13.1 Å². The van der Waals surface area contributed by atoms with Gasteiger partial charge in [0.2, 0.25) is 0 Å². The molecule has 1 aromatic heterocycles. The zero-order valence-corrected chi connectivity index (χ0v) is 11.8. The lowest BCUT2D eigenvalue weighted by Gasteiger charge is -2.06. The Labute approximate surface area is 124 Å². The minimum Gasteiger partial charge on any atom is -0.351 e. The second-order valence-electron chi connectivity index (χ2n) is 4.97. The molecule has 0 bridgehead atoms. The zero-order chi connectivity index (χ0) is 15.2. The molecule has 21 heavy (non-hydrogen) atoms. The van der Waals surface area contributed by atoms with Gasteiger partial charge in [0.1, 0.15) is 5.69 Å². The van der Waals surface area contributed by atoms with Crippen LogP contribution in [0.25, 0.3) is 22.0 Å². The quantitative estimate of drug-likeness (QED) is 0.583. The van der Waals surface area contributed by atoms with E-state index in [1.807, 2.05) is 31.2 Å². The highest BCUT2D eigenvalue weighted by molar-refractivity contribution is 6.34. The monoisotopic (exact) mass is 309 g/mol. The Morgan fingerprint density at radius 2 is 1.81 bits per heavy atom. The number of halogens is 4. The molecule has 0 aliphatic heterocycles. The molecule has 0 aliphatic rings. The van der Waals surface area contributed by atoms with Gasteiger partial charge in [-0.15, -0.1) is 0 Å². The summed E-state index contributed by atoms with van der Waals surface area (Å²) in [4.78, 5) is 2.36. The molecule has 0 unspecified atom stereocenters. The van der Waals surface area contributed by atoms with Gasteiger partial charge in [-0.1, -0.05) is 41.4 Å². The van der Waals surface area contributed by atoms with Crippen molar-refractivity contribution in [2.75, 3.05) is 0 Å². The van der Waals surface area contributed by atoms with Crippen LogP contribution < -0.4 is 0 Å². The third-order valence-corrected chi connectivity index (χ3v) is 3.66. The number of aromatic nitrogens is 1. The van der Waals surface area contributed by atoms with Gasteiger partial charge in [0.25, 0.3) is 0 Å². The van der Waals surface area contributed by atoms with Crippen LogP contribution >= 0.6 is 11.6 Å². The topological polar surface area (TPSA) is 15.8 Å². The minimum atomic E-state index is -4.39. The van der Waals surface area contributed by atoms with Gasteiger partial charge in [-0.2, -0.15) is 13.2 Å². The number of alkyl halides is 3. The average Bonchev–Trinajstić information content (AvgIpc) is 2.80. The van der Waals surface area contributed by atoms with Gasteiger partial charge >= 0.3 is 6.18 Å². The van der Waals surface area contributed by atoms with E-state index in [0.717, 1.165) is 22.8 Å². The van der Waals surface area contributed by atoms with Crippen LogP contribution in [0, 0.1) is 6.92 Å². The van der Waals surface area contributed by atoms with Gasteiger partial charge in [-0.3, -0.25) is 0 Å². The van der Waals surface area contributed by atoms with Crippen LogP contribution in [-0.4, -0.2) is 4.98 Å². The first-order chi connectivity index (χ1) is 9.84. The standard InChI is InChI=1S/C16H11ClF3N/c1-9-3-2-4-10(5-9)12-6-11-7-15(16(18,19)20)21-14(11)8-13(12)17/h2-8,21H,1H3. The van der Waals surface area contributed by atoms with Crippen molar-refractivity contribution in [1.82, 2.24) is 4.98 Å². The van der Waals surface area contributed by atoms with Crippen molar-refractivity contribution in [2.24, 2.45) is 0 Å². The van der Waals surface area contributed by atoms with E-state index >= 15 is 0 Å². The van der Waals surface area contributed by atoms with Crippen LogP contribution in [0.15, 0.2) is 42.5 Å². The number of benzene rings is 2. The fourth-order valence-electron chi connectivity index (χ4n) is 2.34. The predicted octanol–water partition coefficient (Wildman–Crippen LogP) is 5.82. The number of hydrogen-bond donors (Lipinski definition) is 1. The third-order valence-electron chi connectivity index (χ3n) is 3.34. The normalized spacial score (nSPS) is 12.0. The number of nitrogens with one attached hydrogen (secondary N) is 1. The number of fused-ring (bicyclic) bond motifs is 1. The Morgan fingerprint density at radius 3 is 2.48 bits per heavy atom. The summed E-state index contributed by atoms with van der Waals surface area (Å²) in [5.41, 5.74) is 2.28. The van der Waals surface area contributed by atoms with Crippen molar-refractivity contribution >= 4 is 22.5 Å². The summed E-state index contributed by atoms with van der Waals surface area (Å²) >= 11 is 6.21. The summed E-state index contributed by atoms with van der Waals surface area (Å²) in [7, 11) is 0. The van der Waals surface area contributed by atoms with Gasteiger partial charge in [0, 0.05) is 16.5 Å². The van der Waals surface area contributed by atoms with Gasteiger partial charge < -0.3 is 4.98 Å².